The fraction of sp³-hybridized carbons (Fsp3) is 0.286. The Morgan fingerprint density at radius 1 is 1.19 bits per heavy atom. The van der Waals surface area contributed by atoms with Gasteiger partial charge in [0.1, 0.15) is 0 Å². The monoisotopic (exact) mass is 359 g/mol. The van der Waals surface area contributed by atoms with Crippen molar-refractivity contribution >= 4 is 16.8 Å². The van der Waals surface area contributed by atoms with Crippen molar-refractivity contribution in [1.82, 2.24) is 20.0 Å². The highest BCUT2D eigenvalue weighted by Crippen LogP contribution is 2.20. The first-order valence-corrected chi connectivity index (χ1v) is 9.17. The number of para-hydroxylation sites is 1. The van der Waals surface area contributed by atoms with Gasteiger partial charge in [0.2, 0.25) is 0 Å². The zero-order valence-corrected chi connectivity index (χ0v) is 15.0. The molecule has 1 fully saturated rings. The molecule has 0 radical (unpaired) electrons. The maximum atomic E-state index is 12.8. The maximum absolute atomic E-state index is 12.8. The SMILES string of the molecule is N#CN1CCC(CNC(=O)c2nn(Cc3ccccc3)c3ccccc23)C1. The Morgan fingerprint density at radius 3 is 2.74 bits per heavy atom. The Kier molecular flexibility index (Phi) is 4.75. The van der Waals surface area contributed by atoms with Gasteiger partial charge >= 0.3 is 0 Å². The molecule has 6 nitrogen and oxygen atoms in total. The van der Waals surface area contributed by atoms with Gasteiger partial charge < -0.3 is 10.2 Å². The van der Waals surface area contributed by atoms with E-state index >= 15 is 0 Å². The molecule has 1 amide bonds. The van der Waals surface area contributed by atoms with Gasteiger partial charge in [0.15, 0.2) is 11.9 Å². The molecule has 136 valence electrons. The van der Waals surface area contributed by atoms with Crippen LogP contribution in [0.4, 0.5) is 0 Å². The molecule has 1 aliphatic heterocycles. The molecule has 4 rings (SSSR count). The number of hydrogen-bond acceptors (Lipinski definition) is 4. The Balaban J connectivity index is 1.53. The van der Waals surface area contributed by atoms with Gasteiger partial charge in [-0.3, -0.25) is 9.48 Å². The van der Waals surface area contributed by atoms with Crippen molar-refractivity contribution in [3.05, 3.63) is 65.9 Å². The van der Waals surface area contributed by atoms with Crippen LogP contribution >= 0.6 is 0 Å². The number of amides is 1. The molecule has 1 atom stereocenters. The van der Waals surface area contributed by atoms with E-state index in [-0.39, 0.29) is 5.91 Å². The highest BCUT2D eigenvalue weighted by molar-refractivity contribution is 6.04. The van der Waals surface area contributed by atoms with Crippen molar-refractivity contribution in [1.29, 1.82) is 5.26 Å². The third kappa shape index (κ3) is 3.63. The van der Waals surface area contributed by atoms with Crippen LogP contribution < -0.4 is 5.32 Å². The lowest BCUT2D eigenvalue weighted by molar-refractivity contribution is 0.0943. The number of nitriles is 1. The highest BCUT2D eigenvalue weighted by Gasteiger charge is 2.23. The lowest BCUT2D eigenvalue weighted by atomic mass is 10.1. The smallest absolute Gasteiger partial charge is 0.272 e. The minimum absolute atomic E-state index is 0.159. The van der Waals surface area contributed by atoms with E-state index in [1.807, 2.05) is 47.1 Å². The van der Waals surface area contributed by atoms with Gasteiger partial charge in [-0.15, -0.1) is 0 Å². The van der Waals surface area contributed by atoms with Crippen molar-refractivity contribution in [2.45, 2.75) is 13.0 Å². The van der Waals surface area contributed by atoms with Gasteiger partial charge in [0, 0.05) is 25.0 Å². The Morgan fingerprint density at radius 2 is 1.96 bits per heavy atom. The van der Waals surface area contributed by atoms with Gasteiger partial charge in [-0.25, -0.2) is 0 Å². The standard InChI is InChI=1S/C21H21N5O/c22-15-25-11-10-17(13-25)12-23-21(27)20-18-8-4-5-9-19(18)26(24-20)14-16-6-2-1-3-7-16/h1-9,17H,10-14H2,(H,23,27). The van der Waals surface area contributed by atoms with E-state index in [4.69, 9.17) is 5.26 Å². The number of rotatable bonds is 5. The zero-order valence-electron chi connectivity index (χ0n) is 15.0. The first-order valence-electron chi connectivity index (χ1n) is 9.17. The molecule has 6 heteroatoms. The summed E-state index contributed by atoms with van der Waals surface area (Å²) in [5.74, 6) is 0.152. The summed E-state index contributed by atoms with van der Waals surface area (Å²) in [6.07, 6.45) is 3.10. The van der Waals surface area contributed by atoms with Crippen molar-refractivity contribution < 1.29 is 4.79 Å². The predicted octanol–water partition coefficient (Wildman–Crippen LogP) is 2.62. The fourth-order valence-electron chi connectivity index (χ4n) is 3.58. The van der Waals surface area contributed by atoms with Crippen molar-refractivity contribution in [2.24, 2.45) is 5.92 Å². The Labute approximate surface area is 158 Å². The lowest BCUT2D eigenvalue weighted by Crippen LogP contribution is -2.30. The molecular formula is C21H21N5O. The average molecular weight is 359 g/mol. The van der Waals surface area contributed by atoms with E-state index in [0.29, 0.717) is 31.2 Å². The van der Waals surface area contributed by atoms with E-state index in [1.54, 1.807) is 4.90 Å². The van der Waals surface area contributed by atoms with Crippen LogP contribution in [0, 0.1) is 17.4 Å². The molecular weight excluding hydrogens is 338 g/mol. The molecule has 2 aromatic carbocycles. The van der Waals surface area contributed by atoms with Crippen molar-refractivity contribution in [3.8, 4) is 6.19 Å². The third-order valence-corrected chi connectivity index (χ3v) is 5.03. The topological polar surface area (TPSA) is 74.0 Å². The number of nitrogens with zero attached hydrogens (tertiary/aromatic N) is 4. The number of likely N-dealkylation sites (tertiary alicyclic amines) is 1. The second-order valence-electron chi connectivity index (χ2n) is 6.92. The van der Waals surface area contributed by atoms with E-state index in [9.17, 15) is 4.79 Å². The summed E-state index contributed by atoms with van der Waals surface area (Å²) >= 11 is 0. The van der Waals surface area contributed by atoms with E-state index < -0.39 is 0 Å². The second kappa shape index (κ2) is 7.50. The molecule has 2 heterocycles. The summed E-state index contributed by atoms with van der Waals surface area (Å²) < 4.78 is 1.88. The van der Waals surface area contributed by atoms with Crippen molar-refractivity contribution in [3.63, 3.8) is 0 Å². The largest absolute Gasteiger partial charge is 0.350 e. The molecule has 1 aliphatic rings. The molecule has 1 N–H and O–H groups in total. The molecule has 1 saturated heterocycles. The summed E-state index contributed by atoms with van der Waals surface area (Å²) in [6.45, 7) is 2.66. The molecule has 27 heavy (non-hydrogen) atoms. The van der Waals surface area contributed by atoms with E-state index in [1.165, 1.54) is 0 Å². The second-order valence-corrected chi connectivity index (χ2v) is 6.92. The first-order chi connectivity index (χ1) is 13.2. The summed E-state index contributed by atoms with van der Waals surface area (Å²) in [5, 5.41) is 17.4. The van der Waals surface area contributed by atoms with Crippen LogP contribution in [-0.4, -0.2) is 40.2 Å². The van der Waals surface area contributed by atoms with Crippen LogP contribution in [0.3, 0.4) is 0 Å². The number of fused-ring (bicyclic) bond motifs is 1. The normalized spacial score (nSPS) is 16.4. The number of aromatic nitrogens is 2. The van der Waals surface area contributed by atoms with E-state index in [2.05, 4.69) is 28.7 Å². The van der Waals surface area contributed by atoms with Gasteiger partial charge in [0.05, 0.1) is 12.1 Å². The average Bonchev–Trinajstić information content (AvgIpc) is 3.32. The van der Waals surface area contributed by atoms with Crippen LogP contribution in [0.2, 0.25) is 0 Å². The molecule has 0 aliphatic carbocycles. The van der Waals surface area contributed by atoms with Crippen LogP contribution in [0.15, 0.2) is 54.6 Å². The van der Waals surface area contributed by atoms with Gasteiger partial charge in [-0.05, 0) is 24.0 Å². The van der Waals surface area contributed by atoms with Crippen LogP contribution in [-0.2, 0) is 6.54 Å². The van der Waals surface area contributed by atoms with Gasteiger partial charge in [0.25, 0.3) is 5.91 Å². The first kappa shape index (κ1) is 17.1. The molecule has 1 unspecified atom stereocenters. The number of hydrogen-bond donors (Lipinski definition) is 1. The maximum Gasteiger partial charge on any atom is 0.272 e. The van der Waals surface area contributed by atoms with Crippen LogP contribution in [0.25, 0.3) is 10.9 Å². The number of benzene rings is 2. The molecule has 3 aromatic rings. The van der Waals surface area contributed by atoms with E-state index in [0.717, 1.165) is 29.4 Å². The zero-order chi connectivity index (χ0) is 18.6. The third-order valence-electron chi connectivity index (χ3n) is 5.03. The van der Waals surface area contributed by atoms with Crippen LogP contribution in [0.1, 0.15) is 22.5 Å². The van der Waals surface area contributed by atoms with Gasteiger partial charge in [-0.1, -0.05) is 48.5 Å². The quantitative estimate of drug-likeness (QED) is 0.711. The Bertz CT molecular complexity index is 989. The van der Waals surface area contributed by atoms with Crippen molar-refractivity contribution in [2.75, 3.05) is 19.6 Å². The number of nitrogens with one attached hydrogen (secondary N) is 1. The summed E-state index contributed by atoms with van der Waals surface area (Å²) in [6, 6.07) is 17.9. The number of carbonyl (C=O) groups excluding carboxylic acids is 1. The minimum atomic E-state index is -0.159. The van der Waals surface area contributed by atoms with Gasteiger partial charge in [-0.2, -0.15) is 10.4 Å². The summed E-state index contributed by atoms with van der Waals surface area (Å²) in [4.78, 5) is 14.5. The lowest BCUT2D eigenvalue weighted by Gasteiger charge is -2.10. The Hall–Kier alpha value is -3.33. The molecule has 0 saturated carbocycles. The van der Waals surface area contributed by atoms with Crippen LogP contribution in [0.5, 0.6) is 0 Å². The highest BCUT2D eigenvalue weighted by atomic mass is 16.1. The molecule has 0 spiro atoms. The summed E-state index contributed by atoms with van der Waals surface area (Å²) in [5.41, 5.74) is 2.54. The molecule has 1 aromatic heterocycles. The fourth-order valence-corrected chi connectivity index (χ4v) is 3.58. The predicted molar refractivity (Wildman–Crippen MR) is 103 cm³/mol. The minimum Gasteiger partial charge on any atom is -0.350 e. The molecule has 0 bridgehead atoms. The number of carbonyl (C=O) groups is 1. The summed E-state index contributed by atoms with van der Waals surface area (Å²) in [7, 11) is 0.